The van der Waals surface area contributed by atoms with E-state index in [4.69, 9.17) is 28.6 Å². The molecule has 132 valence electrons. The quantitative estimate of drug-likeness (QED) is 0.549. The fourth-order valence-corrected chi connectivity index (χ4v) is 2.15. The van der Waals surface area contributed by atoms with Crippen LogP contribution in [0.15, 0.2) is 42.5 Å². The molecule has 0 aromatic heterocycles. The first-order chi connectivity index (χ1) is 11.9. The van der Waals surface area contributed by atoms with Gasteiger partial charge in [0, 0.05) is 6.54 Å². The molecule has 1 amide bonds. The van der Waals surface area contributed by atoms with Crippen LogP contribution in [0.5, 0.6) is 5.75 Å². The zero-order chi connectivity index (χ0) is 18.2. The monoisotopic (exact) mass is 381 g/mol. The Kier molecular flexibility index (Phi) is 6.97. The van der Waals surface area contributed by atoms with Gasteiger partial charge in [0.2, 0.25) is 0 Å². The molecule has 2 rings (SSSR count). The van der Waals surface area contributed by atoms with E-state index in [-0.39, 0.29) is 17.5 Å². The van der Waals surface area contributed by atoms with Crippen molar-refractivity contribution in [2.45, 2.75) is 13.5 Å². The molecule has 0 saturated carbocycles. The predicted octanol–water partition coefficient (Wildman–Crippen LogP) is 2.86. The summed E-state index contributed by atoms with van der Waals surface area (Å²) in [4.78, 5) is 11.8. The van der Waals surface area contributed by atoms with Crippen molar-refractivity contribution in [2.24, 2.45) is 0 Å². The standard InChI is InChI=1S/C17H17ClFN3O2S/c1-11-2-7-14(18)15(8-11)24-10-16(23)21-22-17(25)20-9-12-3-5-13(19)6-4-12/h2-8H,9-10H2,1H3,(H,21,23)(H2,20,22,25). The highest BCUT2D eigenvalue weighted by atomic mass is 35.5. The van der Waals surface area contributed by atoms with E-state index in [2.05, 4.69) is 16.2 Å². The van der Waals surface area contributed by atoms with E-state index in [1.165, 1.54) is 12.1 Å². The molecule has 0 saturated heterocycles. The molecule has 0 fully saturated rings. The summed E-state index contributed by atoms with van der Waals surface area (Å²) in [5.41, 5.74) is 6.80. The van der Waals surface area contributed by atoms with Crippen LogP contribution < -0.4 is 20.9 Å². The summed E-state index contributed by atoms with van der Waals surface area (Å²) in [7, 11) is 0. The van der Waals surface area contributed by atoms with Crippen LogP contribution in [0.3, 0.4) is 0 Å². The average molecular weight is 382 g/mol. The molecule has 0 unspecified atom stereocenters. The van der Waals surface area contributed by atoms with Gasteiger partial charge in [-0.05, 0) is 54.5 Å². The third-order valence-electron chi connectivity index (χ3n) is 3.13. The third-order valence-corrected chi connectivity index (χ3v) is 3.69. The molecule has 3 N–H and O–H groups in total. The lowest BCUT2D eigenvalue weighted by atomic mass is 10.2. The van der Waals surface area contributed by atoms with E-state index < -0.39 is 5.91 Å². The molecule has 0 radical (unpaired) electrons. The normalized spacial score (nSPS) is 10.0. The smallest absolute Gasteiger partial charge is 0.276 e. The van der Waals surface area contributed by atoms with E-state index >= 15 is 0 Å². The van der Waals surface area contributed by atoms with E-state index in [1.807, 2.05) is 13.0 Å². The second kappa shape index (κ2) is 9.19. The van der Waals surface area contributed by atoms with Crippen molar-refractivity contribution in [1.82, 2.24) is 16.2 Å². The largest absolute Gasteiger partial charge is 0.482 e. The van der Waals surface area contributed by atoms with Gasteiger partial charge < -0.3 is 10.1 Å². The Morgan fingerprint density at radius 3 is 2.64 bits per heavy atom. The van der Waals surface area contributed by atoms with Crippen LogP contribution in [0, 0.1) is 12.7 Å². The number of thiocarbonyl (C=S) groups is 1. The van der Waals surface area contributed by atoms with Crippen LogP contribution in [0.4, 0.5) is 4.39 Å². The Morgan fingerprint density at radius 1 is 1.20 bits per heavy atom. The maximum atomic E-state index is 12.8. The minimum Gasteiger partial charge on any atom is -0.482 e. The van der Waals surface area contributed by atoms with E-state index in [0.717, 1.165) is 11.1 Å². The second-order valence-electron chi connectivity index (χ2n) is 5.20. The molecule has 8 heteroatoms. The van der Waals surface area contributed by atoms with Gasteiger partial charge in [-0.15, -0.1) is 0 Å². The molecule has 0 aliphatic heterocycles. The Morgan fingerprint density at radius 2 is 1.92 bits per heavy atom. The average Bonchev–Trinajstić information content (AvgIpc) is 2.60. The highest BCUT2D eigenvalue weighted by Gasteiger charge is 2.06. The van der Waals surface area contributed by atoms with Gasteiger partial charge in [0.25, 0.3) is 5.91 Å². The van der Waals surface area contributed by atoms with E-state index in [1.54, 1.807) is 24.3 Å². The lowest BCUT2D eigenvalue weighted by Crippen LogP contribution is -2.48. The van der Waals surface area contributed by atoms with Crippen molar-refractivity contribution < 1.29 is 13.9 Å². The SMILES string of the molecule is Cc1ccc(Cl)c(OCC(=O)NNC(=S)NCc2ccc(F)cc2)c1. The van der Waals surface area contributed by atoms with Crippen molar-refractivity contribution in [2.75, 3.05) is 6.61 Å². The fraction of sp³-hybridized carbons (Fsp3) is 0.176. The van der Waals surface area contributed by atoms with Gasteiger partial charge in [0.1, 0.15) is 11.6 Å². The van der Waals surface area contributed by atoms with Gasteiger partial charge in [-0.3, -0.25) is 15.6 Å². The minimum absolute atomic E-state index is 0.212. The molecule has 0 aliphatic carbocycles. The van der Waals surface area contributed by atoms with Crippen molar-refractivity contribution in [3.8, 4) is 5.75 Å². The highest BCUT2D eigenvalue weighted by Crippen LogP contribution is 2.24. The number of aryl methyl sites for hydroxylation is 1. The molecule has 0 heterocycles. The van der Waals surface area contributed by atoms with Crippen LogP contribution in [0.25, 0.3) is 0 Å². The summed E-state index contributed by atoms with van der Waals surface area (Å²) in [6.07, 6.45) is 0. The zero-order valence-electron chi connectivity index (χ0n) is 13.4. The number of carbonyl (C=O) groups excluding carboxylic acids is 1. The first-order valence-corrected chi connectivity index (χ1v) is 8.19. The van der Waals surface area contributed by atoms with Gasteiger partial charge in [0.15, 0.2) is 11.7 Å². The first kappa shape index (κ1) is 19.0. The molecular weight excluding hydrogens is 365 g/mol. The molecule has 2 aromatic carbocycles. The van der Waals surface area contributed by atoms with Crippen molar-refractivity contribution in [3.05, 3.63) is 64.4 Å². The summed E-state index contributed by atoms with van der Waals surface area (Å²) in [6, 6.07) is 11.3. The maximum absolute atomic E-state index is 12.8. The summed E-state index contributed by atoms with van der Waals surface area (Å²) >= 11 is 11.0. The van der Waals surface area contributed by atoms with E-state index in [9.17, 15) is 9.18 Å². The number of carbonyl (C=O) groups is 1. The molecule has 2 aromatic rings. The van der Waals surface area contributed by atoms with Crippen LogP contribution in [0.1, 0.15) is 11.1 Å². The maximum Gasteiger partial charge on any atom is 0.276 e. The molecular formula is C17H17ClFN3O2S. The Balaban J connectivity index is 1.69. The van der Waals surface area contributed by atoms with Crippen LogP contribution in [0.2, 0.25) is 5.02 Å². The molecule has 0 spiro atoms. The highest BCUT2D eigenvalue weighted by molar-refractivity contribution is 7.80. The van der Waals surface area contributed by atoms with Crippen molar-refractivity contribution >= 4 is 34.8 Å². The molecule has 5 nitrogen and oxygen atoms in total. The Labute approximate surface area is 155 Å². The molecule has 0 aliphatic rings. The molecule has 0 atom stereocenters. The summed E-state index contributed by atoms with van der Waals surface area (Å²) in [5.74, 6) is -0.275. The fourth-order valence-electron chi connectivity index (χ4n) is 1.86. The lowest BCUT2D eigenvalue weighted by molar-refractivity contribution is -0.123. The Hall–Kier alpha value is -2.38. The number of ether oxygens (including phenoxy) is 1. The minimum atomic E-state index is -0.413. The lowest BCUT2D eigenvalue weighted by Gasteiger charge is -2.12. The topological polar surface area (TPSA) is 62.4 Å². The van der Waals surface area contributed by atoms with Crippen molar-refractivity contribution in [1.29, 1.82) is 0 Å². The number of rotatable bonds is 5. The number of hydrazine groups is 1. The van der Waals surface area contributed by atoms with Gasteiger partial charge in [-0.2, -0.15) is 0 Å². The van der Waals surface area contributed by atoms with Crippen LogP contribution >= 0.6 is 23.8 Å². The number of hydrogen-bond donors (Lipinski definition) is 3. The summed E-state index contributed by atoms with van der Waals surface area (Å²) < 4.78 is 18.2. The number of hydrogen-bond acceptors (Lipinski definition) is 3. The van der Waals surface area contributed by atoms with E-state index in [0.29, 0.717) is 17.3 Å². The van der Waals surface area contributed by atoms with Gasteiger partial charge in [-0.1, -0.05) is 29.8 Å². The third kappa shape index (κ3) is 6.56. The number of nitrogens with one attached hydrogen (secondary N) is 3. The Bertz CT molecular complexity index is 756. The predicted molar refractivity (Wildman–Crippen MR) is 98.8 cm³/mol. The number of benzene rings is 2. The van der Waals surface area contributed by atoms with Crippen molar-refractivity contribution in [3.63, 3.8) is 0 Å². The number of amides is 1. The summed E-state index contributed by atoms with van der Waals surface area (Å²) in [6.45, 7) is 2.09. The van der Waals surface area contributed by atoms with Gasteiger partial charge >= 0.3 is 0 Å². The second-order valence-corrected chi connectivity index (χ2v) is 6.02. The number of halogens is 2. The van der Waals surface area contributed by atoms with Gasteiger partial charge in [-0.25, -0.2) is 4.39 Å². The first-order valence-electron chi connectivity index (χ1n) is 7.40. The zero-order valence-corrected chi connectivity index (χ0v) is 15.0. The summed E-state index contributed by atoms with van der Waals surface area (Å²) in [5, 5.41) is 3.55. The van der Waals surface area contributed by atoms with Crippen LogP contribution in [-0.2, 0) is 11.3 Å². The van der Waals surface area contributed by atoms with Crippen LogP contribution in [-0.4, -0.2) is 17.6 Å². The van der Waals surface area contributed by atoms with Gasteiger partial charge in [0.05, 0.1) is 5.02 Å². The molecule has 25 heavy (non-hydrogen) atoms. The molecule has 0 bridgehead atoms.